The number of halogens is 1. The van der Waals surface area contributed by atoms with Gasteiger partial charge in [0.05, 0.1) is 0 Å². The quantitative estimate of drug-likeness (QED) is 0.460. The van der Waals surface area contributed by atoms with E-state index in [0.717, 1.165) is 5.56 Å². The summed E-state index contributed by atoms with van der Waals surface area (Å²) < 4.78 is 22.0. The summed E-state index contributed by atoms with van der Waals surface area (Å²) in [6.45, 7) is 6.60. The van der Waals surface area contributed by atoms with Gasteiger partial charge in [-0.3, -0.25) is 0 Å². The molecule has 0 spiro atoms. The average molecular weight is 465 g/mol. The molecular formula is C24H25FN6O3. The van der Waals surface area contributed by atoms with Gasteiger partial charge in [-0.1, -0.05) is 32.9 Å². The Bertz CT molecular complexity index is 1340. The van der Waals surface area contributed by atoms with Crippen LogP contribution in [0.4, 0.5) is 9.18 Å². The Hall–Kier alpha value is -3.82. The first-order valence-electron chi connectivity index (χ1n) is 11.1. The molecule has 10 heteroatoms. The predicted molar refractivity (Wildman–Crippen MR) is 122 cm³/mol. The van der Waals surface area contributed by atoms with Crippen LogP contribution in [0.3, 0.4) is 0 Å². The SMILES string of the molecule is CC(C)(C)C1CC(c2nc3cc(-c4ccc(-n5cnnn5)c(F)c4)ccc3o2)CCN1C(=O)O. The fourth-order valence-corrected chi connectivity index (χ4v) is 4.68. The number of amides is 1. The number of piperidine rings is 1. The third-order valence-electron chi connectivity index (χ3n) is 6.48. The van der Waals surface area contributed by atoms with Crippen LogP contribution in [-0.4, -0.2) is 53.9 Å². The molecule has 0 aliphatic carbocycles. The number of oxazole rings is 1. The minimum absolute atomic E-state index is 0.0312. The van der Waals surface area contributed by atoms with Gasteiger partial charge in [-0.25, -0.2) is 14.2 Å². The number of benzene rings is 2. The number of rotatable bonds is 3. The molecule has 1 amide bonds. The van der Waals surface area contributed by atoms with E-state index in [-0.39, 0.29) is 23.1 Å². The standard InChI is InChI=1S/C24H25FN6O3/c1-24(2,3)21-12-16(8-9-30(21)23(32)33)22-27-18-11-15(5-7-20(18)34-22)14-4-6-19(17(25)10-14)31-13-26-28-29-31/h4-7,10-11,13,16,21H,8-9,12H2,1-3H3,(H,32,33). The van der Waals surface area contributed by atoms with Crippen molar-refractivity contribution in [3.8, 4) is 16.8 Å². The Morgan fingerprint density at radius 2 is 1.94 bits per heavy atom. The molecule has 0 radical (unpaired) electrons. The zero-order chi connectivity index (χ0) is 24.0. The topological polar surface area (TPSA) is 110 Å². The Morgan fingerprint density at radius 3 is 2.62 bits per heavy atom. The highest BCUT2D eigenvalue weighted by Gasteiger charge is 2.40. The predicted octanol–water partition coefficient (Wildman–Crippen LogP) is 4.88. The van der Waals surface area contributed by atoms with Gasteiger partial charge in [-0.15, -0.1) is 5.10 Å². The lowest BCUT2D eigenvalue weighted by molar-refractivity contribution is 0.0494. The molecule has 176 valence electrons. The molecule has 0 bridgehead atoms. The van der Waals surface area contributed by atoms with E-state index in [4.69, 9.17) is 9.40 Å². The van der Waals surface area contributed by atoms with Crippen molar-refractivity contribution in [2.45, 2.75) is 45.6 Å². The molecule has 1 fully saturated rings. The van der Waals surface area contributed by atoms with Gasteiger partial charge in [0.25, 0.3) is 0 Å². The minimum Gasteiger partial charge on any atom is -0.465 e. The van der Waals surface area contributed by atoms with Gasteiger partial charge < -0.3 is 14.4 Å². The maximum atomic E-state index is 14.7. The molecule has 5 rings (SSSR count). The van der Waals surface area contributed by atoms with Gasteiger partial charge in [0.2, 0.25) is 0 Å². The van der Waals surface area contributed by atoms with E-state index in [9.17, 15) is 14.3 Å². The number of tetrazole rings is 1. The lowest BCUT2D eigenvalue weighted by Crippen LogP contribution is -2.51. The van der Waals surface area contributed by atoms with Crippen LogP contribution in [0.25, 0.3) is 27.9 Å². The van der Waals surface area contributed by atoms with E-state index >= 15 is 0 Å². The minimum atomic E-state index is -0.890. The highest BCUT2D eigenvalue weighted by Crippen LogP contribution is 2.40. The molecular weight excluding hydrogens is 439 g/mol. The Labute approximate surface area is 195 Å². The number of fused-ring (bicyclic) bond motifs is 1. The van der Waals surface area contributed by atoms with E-state index in [1.807, 2.05) is 18.2 Å². The highest BCUT2D eigenvalue weighted by molar-refractivity contribution is 5.80. The van der Waals surface area contributed by atoms with Crippen molar-refractivity contribution in [1.29, 1.82) is 0 Å². The molecule has 34 heavy (non-hydrogen) atoms. The summed E-state index contributed by atoms with van der Waals surface area (Å²) in [6, 6.07) is 10.3. The van der Waals surface area contributed by atoms with Gasteiger partial charge >= 0.3 is 6.09 Å². The zero-order valence-electron chi connectivity index (χ0n) is 19.1. The molecule has 2 unspecified atom stereocenters. The van der Waals surface area contributed by atoms with E-state index in [2.05, 4.69) is 36.3 Å². The molecule has 9 nitrogen and oxygen atoms in total. The van der Waals surface area contributed by atoms with Crippen LogP contribution in [0.1, 0.15) is 45.4 Å². The van der Waals surface area contributed by atoms with Gasteiger partial charge in [0, 0.05) is 18.5 Å². The van der Waals surface area contributed by atoms with E-state index in [1.165, 1.54) is 22.0 Å². The molecule has 1 aliphatic rings. The van der Waals surface area contributed by atoms with E-state index in [1.54, 1.807) is 12.1 Å². The van der Waals surface area contributed by atoms with Gasteiger partial charge in [-0.2, -0.15) is 4.68 Å². The van der Waals surface area contributed by atoms with E-state index in [0.29, 0.717) is 41.9 Å². The van der Waals surface area contributed by atoms with Crippen molar-refractivity contribution in [3.63, 3.8) is 0 Å². The number of nitrogens with zero attached hydrogens (tertiary/aromatic N) is 6. The zero-order valence-corrected chi connectivity index (χ0v) is 19.1. The first-order chi connectivity index (χ1) is 16.2. The van der Waals surface area contributed by atoms with Crippen LogP contribution in [-0.2, 0) is 0 Å². The molecule has 2 atom stereocenters. The van der Waals surface area contributed by atoms with E-state index < -0.39 is 11.9 Å². The maximum absolute atomic E-state index is 14.7. The van der Waals surface area contributed by atoms with Crippen LogP contribution in [0.15, 0.2) is 47.1 Å². The summed E-state index contributed by atoms with van der Waals surface area (Å²) in [5.41, 5.74) is 2.91. The lowest BCUT2D eigenvalue weighted by Gasteiger charge is -2.43. The summed E-state index contributed by atoms with van der Waals surface area (Å²) >= 11 is 0. The first-order valence-corrected chi connectivity index (χ1v) is 11.1. The van der Waals surface area contributed by atoms with Crippen molar-refractivity contribution < 1.29 is 18.7 Å². The number of aromatic nitrogens is 5. The molecule has 1 aliphatic heterocycles. The van der Waals surface area contributed by atoms with Gasteiger partial charge in [0.15, 0.2) is 11.5 Å². The molecule has 2 aromatic carbocycles. The van der Waals surface area contributed by atoms with Crippen LogP contribution >= 0.6 is 0 Å². The monoisotopic (exact) mass is 464 g/mol. The van der Waals surface area contributed by atoms with Crippen molar-refractivity contribution in [1.82, 2.24) is 30.1 Å². The second kappa shape index (κ2) is 8.19. The number of hydrogen-bond acceptors (Lipinski definition) is 6. The molecule has 1 N–H and O–H groups in total. The smallest absolute Gasteiger partial charge is 0.407 e. The summed E-state index contributed by atoms with van der Waals surface area (Å²) in [7, 11) is 0. The Kier molecular flexibility index (Phi) is 5.30. The van der Waals surface area contributed by atoms with Crippen LogP contribution < -0.4 is 0 Å². The third kappa shape index (κ3) is 4.00. The van der Waals surface area contributed by atoms with Crippen molar-refractivity contribution in [2.75, 3.05) is 6.54 Å². The summed E-state index contributed by atoms with van der Waals surface area (Å²) in [5, 5.41) is 20.4. The second-order valence-electron chi connectivity index (χ2n) is 9.73. The van der Waals surface area contributed by atoms with Gasteiger partial charge in [0.1, 0.15) is 23.3 Å². The third-order valence-corrected chi connectivity index (χ3v) is 6.48. The highest BCUT2D eigenvalue weighted by atomic mass is 19.1. The normalized spacial score (nSPS) is 19.0. The van der Waals surface area contributed by atoms with Crippen molar-refractivity contribution in [2.24, 2.45) is 5.41 Å². The fourth-order valence-electron chi connectivity index (χ4n) is 4.68. The maximum Gasteiger partial charge on any atom is 0.407 e. The number of hydrogen-bond donors (Lipinski definition) is 1. The Balaban J connectivity index is 1.42. The number of carbonyl (C=O) groups is 1. The summed E-state index contributed by atoms with van der Waals surface area (Å²) in [6.07, 6.45) is 1.76. The molecule has 0 saturated carbocycles. The molecule has 1 saturated heterocycles. The second-order valence-corrected chi connectivity index (χ2v) is 9.73. The summed E-state index contributed by atoms with van der Waals surface area (Å²) in [5.74, 6) is 0.208. The van der Waals surface area contributed by atoms with Crippen molar-refractivity contribution >= 4 is 17.2 Å². The Morgan fingerprint density at radius 1 is 1.18 bits per heavy atom. The lowest BCUT2D eigenvalue weighted by atomic mass is 9.77. The largest absolute Gasteiger partial charge is 0.465 e. The molecule has 4 aromatic rings. The first kappa shape index (κ1) is 22.0. The number of likely N-dealkylation sites (tertiary alicyclic amines) is 1. The number of carboxylic acid groups (broad SMARTS) is 1. The van der Waals surface area contributed by atoms with Crippen LogP contribution in [0.2, 0.25) is 0 Å². The van der Waals surface area contributed by atoms with Crippen LogP contribution in [0, 0.1) is 11.2 Å². The van der Waals surface area contributed by atoms with Crippen molar-refractivity contribution in [3.05, 3.63) is 54.4 Å². The summed E-state index contributed by atoms with van der Waals surface area (Å²) in [4.78, 5) is 18.0. The van der Waals surface area contributed by atoms with Crippen LogP contribution in [0.5, 0.6) is 0 Å². The average Bonchev–Trinajstić information content (AvgIpc) is 3.47. The molecule has 2 aromatic heterocycles. The van der Waals surface area contributed by atoms with Gasteiger partial charge in [-0.05, 0) is 64.1 Å². The molecule has 3 heterocycles. The fraction of sp³-hybridized carbons (Fsp3) is 0.375.